The van der Waals surface area contributed by atoms with Crippen LogP contribution in [0.25, 0.3) is 11.1 Å². The average Bonchev–Trinajstić information content (AvgIpc) is 3.05. The largest absolute Gasteiger partial charge is 0.478 e. The summed E-state index contributed by atoms with van der Waals surface area (Å²) < 4.78 is 0. The van der Waals surface area contributed by atoms with E-state index in [2.05, 4.69) is 36.5 Å². The first kappa shape index (κ1) is 24.3. The molecule has 4 rings (SSSR count). The van der Waals surface area contributed by atoms with E-state index in [1.165, 1.54) is 23.8 Å². The van der Waals surface area contributed by atoms with Crippen LogP contribution >= 0.6 is 23.2 Å². The number of hydrogen-bond donors (Lipinski definition) is 2. The second-order valence-electron chi connectivity index (χ2n) is 7.41. The van der Waals surface area contributed by atoms with Gasteiger partial charge < -0.3 is 10.4 Å². The van der Waals surface area contributed by atoms with Crippen molar-refractivity contribution in [3.63, 3.8) is 0 Å². The molecule has 170 valence electrons. The number of hydrogen-bond acceptors (Lipinski definition) is 3. The van der Waals surface area contributed by atoms with Crippen LogP contribution in [-0.2, 0) is 11.2 Å². The van der Waals surface area contributed by atoms with Crippen molar-refractivity contribution in [2.24, 2.45) is 0 Å². The predicted octanol–water partition coefficient (Wildman–Crippen LogP) is 6.05. The molecular formula is C25H22Cl2N2O4. The quantitative estimate of drug-likeness (QED) is 0.441. The van der Waals surface area contributed by atoms with Crippen molar-refractivity contribution in [1.29, 1.82) is 0 Å². The van der Waals surface area contributed by atoms with Gasteiger partial charge in [0.2, 0.25) is 0 Å². The van der Waals surface area contributed by atoms with Crippen LogP contribution in [0.1, 0.15) is 29.8 Å². The summed E-state index contributed by atoms with van der Waals surface area (Å²) in [5, 5.41) is 12.1. The van der Waals surface area contributed by atoms with E-state index in [4.69, 9.17) is 28.3 Å². The minimum atomic E-state index is -0.891. The highest BCUT2D eigenvalue weighted by Gasteiger charge is 2.36. The topological polar surface area (TPSA) is 86.7 Å². The number of anilines is 1. The van der Waals surface area contributed by atoms with Crippen LogP contribution in [0.15, 0.2) is 66.7 Å². The van der Waals surface area contributed by atoms with Crippen molar-refractivity contribution in [1.82, 2.24) is 5.32 Å². The zero-order valence-corrected chi connectivity index (χ0v) is 19.5. The fourth-order valence-electron chi connectivity index (χ4n) is 3.26. The monoisotopic (exact) mass is 484 g/mol. The number of aryl methyl sites for hydroxylation is 1. The molecular weight excluding hydrogens is 463 g/mol. The lowest BCUT2D eigenvalue weighted by molar-refractivity contribution is -0.117. The number of rotatable bonds is 4. The van der Waals surface area contributed by atoms with Gasteiger partial charge in [-0.3, -0.25) is 4.79 Å². The number of benzene rings is 3. The Labute approximate surface area is 201 Å². The first-order valence-corrected chi connectivity index (χ1v) is 11.0. The highest BCUT2D eigenvalue weighted by molar-refractivity contribution is 6.35. The van der Waals surface area contributed by atoms with E-state index >= 15 is 0 Å². The minimum Gasteiger partial charge on any atom is -0.478 e. The van der Waals surface area contributed by atoms with Gasteiger partial charge in [-0.25, -0.2) is 14.5 Å². The summed E-state index contributed by atoms with van der Waals surface area (Å²) in [7, 11) is 0. The van der Waals surface area contributed by atoms with Gasteiger partial charge in [0.1, 0.15) is 6.04 Å². The first-order chi connectivity index (χ1) is 15.7. The molecule has 0 bridgehead atoms. The van der Waals surface area contributed by atoms with Crippen molar-refractivity contribution in [3.05, 3.63) is 87.9 Å². The SMILES string of the molecule is CCc1ccc(-c2ccc(C(=O)O)cc2)cc1.C[C@@H]1NC(=O)N(c2cc(Cl)cc(Cl)c2)C1=O. The number of aromatic carboxylic acids is 1. The van der Waals surface area contributed by atoms with E-state index in [0.29, 0.717) is 21.3 Å². The Morgan fingerprint density at radius 3 is 1.88 bits per heavy atom. The Balaban J connectivity index is 0.000000186. The number of carboxylic acids is 1. The number of carbonyl (C=O) groups excluding carboxylic acids is 2. The molecule has 6 nitrogen and oxygen atoms in total. The Morgan fingerprint density at radius 1 is 0.939 bits per heavy atom. The summed E-state index contributed by atoms with van der Waals surface area (Å²) in [6.07, 6.45) is 1.03. The van der Waals surface area contributed by atoms with Crippen LogP contribution < -0.4 is 10.2 Å². The molecule has 0 aliphatic carbocycles. The molecule has 1 atom stereocenters. The summed E-state index contributed by atoms with van der Waals surface area (Å²) in [6.45, 7) is 3.74. The molecule has 33 heavy (non-hydrogen) atoms. The van der Waals surface area contributed by atoms with Gasteiger partial charge in [-0.05, 0) is 60.4 Å². The summed E-state index contributed by atoms with van der Waals surface area (Å²) >= 11 is 11.6. The van der Waals surface area contributed by atoms with Crippen LogP contribution in [-0.4, -0.2) is 29.1 Å². The number of carbonyl (C=O) groups is 3. The highest BCUT2D eigenvalue weighted by atomic mass is 35.5. The molecule has 1 aliphatic heterocycles. The molecule has 3 aromatic rings. The van der Waals surface area contributed by atoms with Crippen LogP contribution in [0.3, 0.4) is 0 Å². The van der Waals surface area contributed by atoms with E-state index in [1.807, 2.05) is 12.1 Å². The van der Waals surface area contributed by atoms with Gasteiger partial charge in [0.15, 0.2) is 0 Å². The second-order valence-corrected chi connectivity index (χ2v) is 8.28. The Hall–Kier alpha value is -3.35. The number of amides is 3. The number of nitrogens with one attached hydrogen (secondary N) is 1. The highest BCUT2D eigenvalue weighted by Crippen LogP contribution is 2.27. The first-order valence-electron chi connectivity index (χ1n) is 10.2. The maximum absolute atomic E-state index is 11.7. The predicted molar refractivity (Wildman–Crippen MR) is 130 cm³/mol. The van der Waals surface area contributed by atoms with Crippen LogP contribution in [0.4, 0.5) is 10.5 Å². The molecule has 0 spiro atoms. The van der Waals surface area contributed by atoms with Crippen LogP contribution in [0.5, 0.6) is 0 Å². The van der Waals surface area contributed by atoms with E-state index in [-0.39, 0.29) is 5.91 Å². The Kier molecular flexibility index (Phi) is 7.74. The Morgan fingerprint density at radius 2 is 1.45 bits per heavy atom. The van der Waals surface area contributed by atoms with Crippen molar-refractivity contribution in [2.75, 3.05) is 4.90 Å². The Bertz CT molecular complexity index is 1160. The van der Waals surface area contributed by atoms with Crippen LogP contribution in [0.2, 0.25) is 10.0 Å². The average molecular weight is 485 g/mol. The number of nitrogens with zero attached hydrogens (tertiary/aromatic N) is 1. The molecule has 0 radical (unpaired) electrons. The molecule has 0 aromatic heterocycles. The third-order valence-corrected chi connectivity index (χ3v) is 5.50. The molecule has 0 unspecified atom stereocenters. The molecule has 1 heterocycles. The van der Waals surface area contributed by atoms with E-state index in [0.717, 1.165) is 22.4 Å². The lowest BCUT2D eigenvalue weighted by Gasteiger charge is -2.13. The standard InChI is InChI=1S/C15H14O2.C10H8Cl2N2O2/c1-2-11-3-5-12(6-4-11)13-7-9-14(10-8-13)15(16)17;1-5-9(15)14(10(16)13-5)8-3-6(11)2-7(12)4-8/h3-10H,2H2,1H3,(H,16,17);2-5H,1H3,(H,13,16)/t;5-/m.0/s1. The molecule has 1 aliphatic rings. The van der Waals surface area contributed by atoms with Crippen molar-refractivity contribution in [3.8, 4) is 11.1 Å². The molecule has 1 saturated heterocycles. The lowest BCUT2D eigenvalue weighted by Crippen LogP contribution is -2.30. The van der Waals surface area contributed by atoms with Gasteiger partial charge in [-0.15, -0.1) is 0 Å². The molecule has 8 heteroatoms. The normalized spacial score (nSPS) is 15.0. The number of imide groups is 1. The zero-order valence-electron chi connectivity index (χ0n) is 18.0. The van der Waals surface area contributed by atoms with Gasteiger partial charge in [-0.2, -0.15) is 0 Å². The smallest absolute Gasteiger partial charge is 0.335 e. The molecule has 2 N–H and O–H groups in total. The lowest BCUT2D eigenvalue weighted by atomic mass is 10.0. The number of halogens is 2. The summed E-state index contributed by atoms with van der Waals surface area (Å²) in [4.78, 5) is 35.0. The fraction of sp³-hybridized carbons (Fsp3) is 0.160. The minimum absolute atomic E-state index is 0.316. The van der Waals surface area contributed by atoms with Crippen LogP contribution in [0, 0.1) is 0 Å². The van der Waals surface area contributed by atoms with Gasteiger partial charge in [-0.1, -0.05) is 66.5 Å². The molecule has 1 fully saturated rings. The number of carboxylic acid groups (broad SMARTS) is 1. The third-order valence-electron chi connectivity index (χ3n) is 5.07. The van der Waals surface area contributed by atoms with Gasteiger partial charge >= 0.3 is 12.0 Å². The van der Waals surface area contributed by atoms with E-state index in [9.17, 15) is 14.4 Å². The van der Waals surface area contributed by atoms with Gasteiger partial charge in [0.05, 0.1) is 11.3 Å². The third kappa shape index (κ3) is 5.92. The zero-order chi connectivity index (χ0) is 24.1. The van der Waals surface area contributed by atoms with Crippen molar-refractivity contribution in [2.45, 2.75) is 26.3 Å². The van der Waals surface area contributed by atoms with E-state index < -0.39 is 18.0 Å². The molecule has 3 amide bonds. The molecule has 3 aromatic carbocycles. The maximum atomic E-state index is 11.7. The van der Waals surface area contributed by atoms with Gasteiger partial charge in [0.25, 0.3) is 5.91 Å². The van der Waals surface area contributed by atoms with Crippen molar-refractivity contribution >= 4 is 46.8 Å². The van der Waals surface area contributed by atoms with E-state index in [1.54, 1.807) is 19.1 Å². The summed E-state index contributed by atoms with van der Waals surface area (Å²) in [6, 6.07) is 18.8. The molecule has 0 saturated carbocycles. The summed E-state index contributed by atoms with van der Waals surface area (Å²) in [5.41, 5.74) is 4.15. The van der Waals surface area contributed by atoms with Crippen molar-refractivity contribution < 1.29 is 19.5 Å². The number of urea groups is 1. The maximum Gasteiger partial charge on any atom is 0.335 e. The summed E-state index contributed by atoms with van der Waals surface area (Å²) in [5.74, 6) is -1.21. The fourth-order valence-corrected chi connectivity index (χ4v) is 3.77. The van der Waals surface area contributed by atoms with Gasteiger partial charge in [0, 0.05) is 10.0 Å². The second kappa shape index (κ2) is 10.5.